The Hall–Kier alpha value is -1.11. The largest absolute Gasteiger partial charge is 0.257 e. The van der Waals surface area contributed by atoms with Gasteiger partial charge in [0.1, 0.15) is 0 Å². The van der Waals surface area contributed by atoms with Crippen molar-refractivity contribution in [3.8, 4) is 0 Å². The highest BCUT2D eigenvalue weighted by Crippen LogP contribution is 2.22. The van der Waals surface area contributed by atoms with E-state index < -0.39 is 0 Å². The molecule has 0 aliphatic heterocycles. The van der Waals surface area contributed by atoms with Gasteiger partial charge < -0.3 is 0 Å². The summed E-state index contributed by atoms with van der Waals surface area (Å²) in [5, 5.41) is 0. The molecule has 1 nitrogen and oxygen atoms in total. The summed E-state index contributed by atoms with van der Waals surface area (Å²) in [5.74, 6) is 0. The summed E-state index contributed by atoms with van der Waals surface area (Å²) in [6, 6.07) is 4.22. The van der Waals surface area contributed by atoms with Gasteiger partial charge in [0.2, 0.25) is 0 Å². The molecule has 1 aromatic rings. The van der Waals surface area contributed by atoms with E-state index in [1.54, 1.807) is 0 Å². The van der Waals surface area contributed by atoms with Gasteiger partial charge in [-0.1, -0.05) is 26.8 Å². The Morgan fingerprint density at radius 3 is 2.54 bits per heavy atom. The molecule has 1 heteroatoms. The SMILES string of the molecule is C/C=C/c1cc(C(C)(C)C)ccn1. The van der Waals surface area contributed by atoms with Crippen LogP contribution in [0, 0.1) is 0 Å². The first kappa shape index (κ1) is 9.97. The number of hydrogen-bond donors (Lipinski definition) is 0. The van der Waals surface area contributed by atoms with Crippen molar-refractivity contribution in [3.05, 3.63) is 35.7 Å². The number of pyridine rings is 1. The third-order valence-corrected chi connectivity index (χ3v) is 1.98. The number of nitrogens with zero attached hydrogens (tertiary/aromatic N) is 1. The van der Waals surface area contributed by atoms with Crippen LogP contribution in [0.3, 0.4) is 0 Å². The average molecular weight is 175 g/mol. The van der Waals surface area contributed by atoms with E-state index in [9.17, 15) is 0 Å². The van der Waals surface area contributed by atoms with E-state index in [-0.39, 0.29) is 5.41 Å². The zero-order valence-corrected chi connectivity index (χ0v) is 8.83. The van der Waals surface area contributed by atoms with Gasteiger partial charge in [-0.15, -0.1) is 0 Å². The summed E-state index contributed by atoms with van der Waals surface area (Å²) in [6.07, 6.45) is 5.90. The Labute approximate surface area is 80.5 Å². The zero-order valence-electron chi connectivity index (χ0n) is 8.83. The fourth-order valence-corrected chi connectivity index (χ4v) is 1.18. The lowest BCUT2D eigenvalue weighted by Gasteiger charge is -2.18. The predicted octanol–water partition coefficient (Wildman–Crippen LogP) is 3.41. The summed E-state index contributed by atoms with van der Waals surface area (Å²) < 4.78 is 0. The van der Waals surface area contributed by atoms with E-state index in [0.717, 1.165) is 5.69 Å². The van der Waals surface area contributed by atoms with Crippen LogP contribution in [-0.2, 0) is 5.41 Å². The molecule has 1 aromatic heterocycles. The Morgan fingerprint density at radius 2 is 2.00 bits per heavy atom. The normalized spacial score (nSPS) is 12.3. The molecular weight excluding hydrogens is 158 g/mol. The quantitative estimate of drug-likeness (QED) is 0.637. The summed E-state index contributed by atoms with van der Waals surface area (Å²) in [6.45, 7) is 8.64. The van der Waals surface area contributed by atoms with Crippen molar-refractivity contribution in [1.82, 2.24) is 4.98 Å². The van der Waals surface area contributed by atoms with E-state index >= 15 is 0 Å². The van der Waals surface area contributed by atoms with Crippen molar-refractivity contribution in [2.75, 3.05) is 0 Å². The first-order chi connectivity index (χ1) is 6.04. The topological polar surface area (TPSA) is 12.9 Å². The van der Waals surface area contributed by atoms with Crippen LogP contribution in [-0.4, -0.2) is 4.98 Å². The van der Waals surface area contributed by atoms with E-state index in [0.29, 0.717) is 0 Å². The number of aromatic nitrogens is 1. The minimum atomic E-state index is 0.208. The molecule has 70 valence electrons. The third-order valence-electron chi connectivity index (χ3n) is 1.98. The summed E-state index contributed by atoms with van der Waals surface area (Å²) in [7, 11) is 0. The molecule has 0 atom stereocenters. The molecule has 0 fully saturated rings. The molecule has 0 amide bonds. The fraction of sp³-hybridized carbons (Fsp3) is 0.417. The van der Waals surface area contributed by atoms with Crippen LogP contribution in [0.5, 0.6) is 0 Å². The first-order valence-electron chi connectivity index (χ1n) is 4.63. The molecule has 0 radical (unpaired) electrons. The molecule has 0 bridgehead atoms. The Balaban J connectivity index is 3.05. The van der Waals surface area contributed by atoms with Gasteiger partial charge in [0.05, 0.1) is 5.69 Å². The highest BCUT2D eigenvalue weighted by atomic mass is 14.7. The van der Waals surface area contributed by atoms with Gasteiger partial charge >= 0.3 is 0 Å². The molecule has 0 unspecified atom stereocenters. The van der Waals surface area contributed by atoms with Gasteiger partial charge in [0, 0.05) is 6.20 Å². The van der Waals surface area contributed by atoms with Crippen LogP contribution < -0.4 is 0 Å². The van der Waals surface area contributed by atoms with Crippen molar-refractivity contribution in [2.45, 2.75) is 33.1 Å². The predicted molar refractivity (Wildman–Crippen MR) is 57.6 cm³/mol. The first-order valence-corrected chi connectivity index (χ1v) is 4.63. The Bertz CT molecular complexity index is 305. The van der Waals surface area contributed by atoms with E-state index in [1.807, 2.05) is 25.3 Å². The van der Waals surface area contributed by atoms with Gasteiger partial charge in [-0.05, 0) is 36.1 Å². The number of rotatable bonds is 1. The van der Waals surface area contributed by atoms with E-state index in [4.69, 9.17) is 0 Å². The Kier molecular flexibility index (Phi) is 2.86. The molecule has 0 saturated carbocycles. The van der Waals surface area contributed by atoms with Gasteiger partial charge in [-0.25, -0.2) is 0 Å². The van der Waals surface area contributed by atoms with Crippen molar-refractivity contribution in [1.29, 1.82) is 0 Å². The lowest BCUT2D eigenvalue weighted by Crippen LogP contribution is -2.11. The van der Waals surface area contributed by atoms with Gasteiger partial charge in [0.25, 0.3) is 0 Å². The standard InChI is InChI=1S/C12H17N/c1-5-6-11-9-10(7-8-13-11)12(2,3)4/h5-9H,1-4H3/b6-5+. The lowest BCUT2D eigenvalue weighted by atomic mass is 9.87. The van der Waals surface area contributed by atoms with Crippen molar-refractivity contribution < 1.29 is 0 Å². The third kappa shape index (κ3) is 2.69. The van der Waals surface area contributed by atoms with Crippen molar-refractivity contribution in [3.63, 3.8) is 0 Å². The van der Waals surface area contributed by atoms with E-state index in [1.165, 1.54) is 5.56 Å². The van der Waals surface area contributed by atoms with Crippen LogP contribution >= 0.6 is 0 Å². The molecule has 1 heterocycles. The molecule has 0 N–H and O–H groups in total. The molecule has 0 aromatic carbocycles. The smallest absolute Gasteiger partial charge is 0.0629 e. The highest BCUT2D eigenvalue weighted by molar-refractivity contribution is 5.45. The van der Waals surface area contributed by atoms with E-state index in [2.05, 4.69) is 37.9 Å². The highest BCUT2D eigenvalue weighted by Gasteiger charge is 2.13. The second-order valence-corrected chi connectivity index (χ2v) is 4.22. The molecule has 0 spiro atoms. The Morgan fingerprint density at radius 1 is 1.31 bits per heavy atom. The van der Waals surface area contributed by atoms with Crippen molar-refractivity contribution >= 4 is 6.08 Å². The summed E-state index contributed by atoms with van der Waals surface area (Å²) in [5.41, 5.74) is 2.57. The minimum Gasteiger partial charge on any atom is -0.257 e. The fourth-order valence-electron chi connectivity index (χ4n) is 1.18. The zero-order chi connectivity index (χ0) is 9.90. The van der Waals surface area contributed by atoms with Gasteiger partial charge in [-0.3, -0.25) is 4.98 Å². The molecule has 0 aliphatic rings. The maximum absolute atomic E-state index is 4.26. The van der Waals surface area contributed by atoms with Crippen LogP contribution in [0.4, 0.5) is 0 Å². The molecule has 13 heavy (non-hydrogen) atoms. The second-order valence-electron chi connectivity index (χ2n) is 4.22. The van der Waals surface area contributed by atoms with Gasteiger partial charge in [0.15, 0.2) is 0 Å². The van der Waals surface area contributed by atoms with Crippen LogP contribution in [0.25, 0.3) is 6.08 Å². The van der Waals surface area contributed by atoms with Crippen LogP contribution in [0.15, 0.2) is 24.4 Å². The average Bonchev–Trinajstić information content (AvgIpc) is 2.04. The molecule has 0 aliphatic carbocycles. The molecule has 0 saturated heterocycles. The van der Waals surface area contributed by atoms with Crippen molar-refractivity contribution in [2.24, 2.45) is 0 Å². The van der Waals surface area contributed by atoms with Crippen LogP contribution in [0.1, 0.15) is 39.0 Å². The number of hydrogen-bond acceptors (Lipinski definition) is 1. The monoisotopic (exact) mass is 175 g/mol. The summed E-state index contributed by atoms with van der Waals surface area (Å²) >= 11 is 0. The second kappa shape index (κ2) is 3.73. The maximum Gasteiger partial charge on any atom is 0.0629 e. The van der Waals surface area contributed by atoms with Gasteiger partial charge in [-0.2, -0.15) is 0 Å². The van der Waals surface area contributed by atoms with Crippen LogP contribution in [0.2, 0.25) is 0 Å². The maximum atomic E-state index is 4.26. The summed E-state index contributed by atoms with van der Waals surface area (Å²) in [4.78, 5) is 4.26. The lowest BCUT2D eigenvalue weighted by molar-refractivity contribution is 0.589. The number of allylic oxidation sites excluding steroid dienone is 1. The minimum absolute atomic E-state index is 0.208. The molecular formula is C12H17N. The molecule has 1 rings (SSSR count).